The van der Waals surface area contributed by atoms with Crippen molar-refractivity contribution in [2.75, 3.05) is 39.5 Å². The molecule has 0 N–H and O–H groups in total. The van der Waals surface area contributed by atoms with E-state index >= 15 is 0 Å². The van der Waals surface area contributed by atoms with Gasteiger partial charge in [-0.3, -0.25) is 9.47 Å². The zero-order valence-corrected chi connectivity index (χ0v) is 17.9. The molecule has 3 aromatic rings. The fourth-order valence-corrected chi connectivity index (χ4v) is 3.58. The van der Waals surface area contributed by atoms with Crippen molar-refractivity contribution in [3.05, 3.63) is 63.3 Å². The average Bonchev–Trinajstić information content (AvgIpc) is 2.78. The third kappa shape index (κ3) is 5.15. The summed E-state index contributed by atoms with van der Waals surface area (Å²) >= 11 is 5.87. The van der Waals surface area contributed by atoms with E-state index in [4.69, 9.17) is 25.5 Å². The summed E-state index contributed by atoms with van der Waals surface area (Å²) in [4.78, 5) is 19.1. The molecular weight excluding hydrogens is 425 g/mol. The maximum atomic E-state index is 13.5. The van der Waals surface area contributed by atoms with Crippen molar-refractivity contribution in [1.82, 2.24) is 9.47 Å². The summed E-state index contributed by atoms with van der Waals surface area (Å²) in [6.07, 6.45) is 0.890. The Morgan fingerprint density at radius 2 is 2.00 bits per heavy atom. The van der Waals surface area contributed by atoms with Gasteiger partial charge in [-0.2, -0.15) is 0 Å². The SMILES string of the molecule is Cn1c(=O)oc2ccc(OCCCN3CCOCC3)cc2c1=Nc1ccc(F)c(Cl)c1. The minimum atomic E-state index is -0.557. The van der Waals surface area contributed by atoms with E-state index in [-0.39, 0.29) is 5.02 Å². The Hall–Kier alpha value is -2.68. The van der Waals surface area contributed by atoms with Crippen molar-refractivity contribution in [3.8, 4) is 5.75 Å². The molecule has 0 spiro atoms. The number of rotatable bonds is 6. The van der Waals surface area contributed by atoms with Crippen LogP contribution in [0.1, 0.15) is 6.42 Å². The number of nitrogens with zero attached hydrogens (tertiary/aromatic N) is 3. The molecule has 1 aromatic heterocycles. The molecule has 0 atom stereocenters. The fourth-order valence-electron chi connectivity index (χ4n) is 3.41. The van der Waals surface area contributed by atoms with E-state index < -0.39 is 11.6 Å². The van der Waals surface area contributed by atoms with Gasteiger partial charge >= 0.3 is 5.76 Å². The number of ether oxygens (including phenoxy) is 2. The van der Waals surface area contributed by atoms with Crippen LogP contribution in [-0.4, -0.2) is 48.9 Å². The fraction of sp³-hybridized carbons (Fsp3) is 0.364. The highest BCUT2D eigenvalue weighted by molar-refractivity contribution is 6.31. The number of halogens is 2. The molecule has 9 heteroatoms. The van der Waals surface area contributed by atoms with Crippen LogP contribution >= 0.6 is 11.6 Å². The first-order valence-corrected chi connectivity index (χ1v) is 10.5. The lowest BCUT2D eigenvalue weighted by Gasteiger charge is -2.26. The molecule has 164 valence electrons. The lowest BCUT2D eigenvalue weighted by molar-refractivity contribution is 0.0358. The van der Waals surface area contributed by atoms with Crippen LogP contribution in [0.4, 0.5) is 10.1 Å². The Bertz CT molecular complexity index is 1200. The van der Waals surface area contributed by atoms with Crippen molar-refractivity contribution in [1.29, 1.82) is 0 Å². The maximum absolute atomic E-state index is 13.5. The number of fused-ring (bicyclic) bond motifs is 1. The number of hydrogen-bond donors (Lipinski definition) is 0. The molecule has 1 fully saturated rings. The van der Waals surface area contributed by atoms with Gasteiger partial charge < -0.3 is 13.9 Å². The first-order chi connectivity index (χ1) is 15.0. The molecule has 0 aliphatic carbocycles. The molecule has 2 heterocycles. The van der Waals surface area contributed by atoms with Gasteiger partial charge in [-0.1, -0.05) is 11.6 Å². The quantitative estimate of drug-likeness (QED) is 0.542. The molecule has 0 unspecified atom stereocenters. The zero-order chi connectivity index (χ0) is 21.8. The molecule has 1 aliphatic heterocycles. The van der Waals surface area contributed by atoms with Gasteiger partial charge in [-0.05, 0) is 42.8 Å². The van der Waals surface area contributed by atoms with Crippen molar-refractivity contribution in [3.63, 3.8) is 0 Å². The number of aromatic nitrogens is 1. The molecule has 0 radical (unpaired) electrons. The second-order valence-corrected chi connectivity index (χ2v) is 7.68. The Morgan fingerprint density at radius 3 is 2.77 bits per heavy atom. The number of morpholine rings is 1. The Balaban J connectivity index is 1.59. The normalized spacial score (nSPS) is 15.5. The van der Waals surface area contributed by atoms with Crippen molar-refractivity contribution < 1.29 is 18.3 Å². The van der Waals surface area contributed by atoms with E-state index in [0.717, 1.165) is 39.3 Å². The van der Waals surface area contributed by atoms with Crippen LogP contribution in [-0.2, 0) is 11.8 Å². The van der Waals surface area contributed by atoms with E-state index in [9.17, 15) is 9.18 Å². The third-order valence-corrected chi connectivity index (χ3v) is 5.40. The summed E-state index contributed by atoms with van der Waals surface area (Å²) in [7, 11) is 1.56. The summed E-state index contributed by atoms with van der Waals surface area (Å²) in [6, 6.07) is 9.37. The van der Waals surface area contributed by atoms with Crippen LogP contribution in [0.25, 0.3) is 11.0 Å². The van der Waals surface area contributed by atoms with E-state index in [2.05, 4.69) is 9.89 Å². The second-order valence-electron chi connectivity index (χ2n) is 7.27. The standard InChI is InChI=1S/C22H23ClFN3O4/c1-26-21(25-15-3-5-19(24)18(23)13-15)17-14-16(4-6-20(17)31-22(26)28)30-10-2-7-27-8-11-29-12-9-27/h3-6,13-14H,2,7-12H2,1H3. The number of benzene rings is 2. The van der Waals surface area contributed by atoms with Gasteiger partial charge in [-0.15, -0.1) is 0 Å². The predicted octanol–water partition coefficient (Wildman–Crippen LogP) is 3.26. The molecule has 7 nitrogen and oxygen atoms in total. The van der Waals surface area contributed by atoms with Gasteiger partial charge in [0.05, 0.1) is 35.9 Å². The molecule has 1 saturated heterocycles. The van der Waals surface area contributed by atoms with Gasteiger partial charge in [0, 0.05) is 26.7 Å². The zero-order valence-electron chi connectivity index (χ0n) is 17.1. The van der Waals surface area contributed by atoms with Crippen molar-refractivity contribution in [2.45, 2.75) is 6.42 Å². The summed E-state index contributed by atoms with van der Waals surface area (Å²) < 4.78 is 31.4. The smallest absolute Gasteiger partial charge is 0.420 e. The highest BCUT2D eigenvalue weighted by atomic mass is 35.5. The van der Waals surface area contributed by atoms with Gasteiger partial charge in [0.2, 0.25) is 0 Å². The number of hydrogen-bond acceptors (Lipinski definition) is 6. The minimum Gasteiger partial charge on any atom is -0.494 e. The Kier molecular flexibility index (Phi) is 6.70. The summed E-state index contributed by atoms with van der Waals surface area (Å²) in [5, 5.41) is 0.564. The molecule has 31 heavy (non-hydrogen) atoms. The van der Waals surface area contributed by atoms with E-state index in [1.54, 1.807) is 25.2 Å². The molecule has 2 aromatic carbocycles. The van der Waals surface area contributed by atoms with Crippen molar-refractivity contribution in [2.24, 2.45) is 12.0 Å². The van der Waals surface area contributed by atoms with E-state index in [1.807, 2.05) is 0 Å². The van der Waals surface area contributed by atoms with Crippen LogP contribution in [0.15, 0.2) is 50.6 Å². The summed E-state index contributed by atoms with van der Waals surface area (Å²) in [5.41, 5.74) is 1.18. The molecule has 1 aliphatic rings. The Labute approximate surface area is 183 Å². The lowest BCUT2D eigenvalue weighted by atomic mass is 10.2. The predicted molar refractivity (Wildman–Crippen MR) is 115 cm³/mol. The third-order valence-electron chi connectivity index (χ3n) is 5.11. The minimum absolute atomic E-state index is 0.0412. The molecule has 4 rings (SSSR count). The summed E-state index contributed by atoms with van der Waals surface area (Å²) in [5.74, 6) is -0.439. The van der Waals surface area contributed by atoms with Crippen LogP contribution in [0, 0.1) is 5.82 Å². The molecule has 0 saturated carbocycles. The topological polar surface area (TPSA) is 69.2 Å². The first-order valence-electron chi connectivity index (χ1n) is 10.1. The monoisotopic (exact) mass is 447 g/mol. The van der Waals surface area contributed by atoms with Gasteiger partial charge in [0.1, 0.15) is 22.6 Å². The lowest BCUT2D eigenvalue weighted by Crippen LogP contribution is -2.37. The van der Waals surface area contributed by atoms with Crippen LogP contribution in [0.3, 0.4) is 0 Å². The van der Waals surface area contributed by atoms with Crippen molar-refractivity contribution >= 4 is 28.3 Å². The van der Waals surface area contributed by atoms with Crippen LogP contribution < -0.4 is 16.0 Å². The second kappa shape index (κ2) is 9.64. The first kappa shape index (κ1) is 21.5. The average molecular weight is 448 g/mol. The largest absolute Gasteiger partial charge is 0.494 e. The highest BCUT2D eigenvalue weighted by Crippen LogP contribution is 2.22. The van der Waals surface area contributed by atoms with Crippen LogP contribution in [0.2, 0.25) is 5.02 Å². The molecular formula is C22H23ClFN3O4. The maximum Gasteiger partial charge on any atom is 0.420 e. The van der Waals surface area contributed by atoms with Gasteiger partial charge in [0.25, 0.3) is 0 Å². The van der Waals surface area contributed by atoms with E-state index in [1.165, 1.54) is 22.8 Å². The molecule has 0 bridgehead atoms. The highest BCUT2D eigenvalue weighted by Gasteiger charge is 2.11. The Morgan fingerprint density at radius 1 is 1.19 bits per heavy atom. The van der Waals surface area contributed by atoms with Gasteiger partial charge in [0.15, 0.2) is 0 Å². The van der Waals surface area contributed by atoms with Crippen LogP contribution in [0.5, 0.6) is 5.75 Å². The summed E-state index contributed by atoms with van der Waals surface area (Å²) in [6.45, 7) is 4.96. The van der Waals surface area contributed by atoms with E-state index in [0.29, 0.717) is 34.5 Å². The molecule has 0 amide bonds. The van der Waals surface area contributed by atoms with Gasteiger partial charge in [-0.25, -0.2) is 14.2 Å².